The zero-order valence-electron chi connectivity index (χ0n) is 11.8. The monoisotopic (exact) mass is 308 g/mol. The average Bonchev–Trinajstić information content (AvgIpc) is 2.88. The number of hydrogen-bond acceptors (Lipinski definition) is 4. The molecular formula is C17H13ClN4. The van der Waals surface area contributed by atoms with Crippen molar-refractivity contribution in [2.45, 2.75) is 13.0 Å². The zero-order valence-corrected chi connectivity index (χ0v) is 12.5. The van der Waals surface area contributed by atoms with Crippen LogP contribution in [0.5, 0.6) is 0 Å². The molecule has 0 amide bonds. The lowest BCUT2D eigenvalue weighted by Crippen LogP contribution is -2.11. The lowest BCUT2D eigenvalue weighted by Gasteiger charge is -2.06. The van der Waals surface area contributed by atoms with E-state index >= 15 is 0 Å². The molecule has 3 aromatic rings. The van der Waals surface area contributed by atoms with Crippen LogP contribution in [0.15, 0.2) is 47.7 Å². The fourth-order valence-corrected chi connectivity index (χ4v) is 2.88. The van der Waals surface area contributed by atoms with E-state index in [1.807, 2.05) is 24.4 Å². The lowest BCUT2D eigenvalue weighted by atomic mass is 10.0. The van der Waals surface area contributed by atoms with Crippen molar-refractivity contribution in [1.29, 1.82) is 0 Å². The summed E-state index contributed by atoms with van der Waals surface area (Å²) in [6.07, 6.45) is 4.27. The van der Waals surface area contributed by atoms with Gasteiger partial charge in [-0.3, -0.25) is 15.0 Å². The minimum absolute atomic E-state index is 0.605. The first kappa shape index (κ1) is 13.2. The van der Waals surface area contributed by atoms with E-state index in [9.17, 15) is 0 Å². The summed E-state index contributed by atoms with van der Waals surface area (Å²) in [7, 11) is 0. The van der Waals surface area contributed by atoms with Crippen LogP contribution in [-0.2, 0) is 13.0 Å². The second kappa shape index (κ2) is 5.07. The third kappa shape index (κ3) is 2.31. The molecule has 0 spiro atoms. The molecule has 1 aliphatic rings. The minimum Gasteiger partial charge on any atom is -0.383 e. The molecule has 0 fully saturated rings. The molecule has 0 saturated heterocycles. The van der Waals surface area contributed by atoms with E-state index in [0.29, 0.717) is 17.4 Å². The highest BCUT2D eigenvalue weighted by molar-refractivity contribution is 6.31. The van der Waals surface area contributed by atoms with Crippen LogP contribution < -0.4 is 5.73 Å². The molecular weight excluding hydrogens is 296 g/mol. The summed E-state index contributed by atoms with van der Waals surface area (Å²) in [6, 6.07) is 10.1. The smallest absolute Gasteiger partial charge is 0.126 e. The Morgan fingerprint density at radius 3 is 2.91 bits per heavy atom. The van der Waals surface area contributed by atoms with Gasteiger partial charge in [0.25, 0.3) is 0 Å². The number of aliphatic imine (C=N–C) groups is 1. The van der Waals surface area contributed by atoms with E-state index in [4.69, 9.17) is 17.3 Å². The number of nitrogens with zero attached hydrogens (tertiary/aromatic N) is 3. The number of pyridine rings is 2. The number of nitrogens with two attached hydrogens (primary N) is 1. The van der Waals surface area contributed by atoms with Gasteiger partial charge in [-0.1, -0.05) is 17.7 Å². The van der Waals surface area contributed by atoms with Gasteiger partial charge in [-0.25, -0.2) is 0 Å². The molecule has 0 atom stereocenters. The predicted molar refractivity (Wildman–Crippen MR) is 88.2 cm³/mol. The number of amidine groups is 1. The Labute approximate surface area is 132 Å². The average molecular weight is 309 g/mol. The van der Waals surface area contributed by atoms with Gasteiger partial charge in [-0.15, -0.1) is 0 Å². The van der Waals surface area contributed by atoms with Gasteiger partial charge in [0.2, 0.25) is 0 Å². The van der Waals surface area contributed by atoms with Crippen LogP contribution in [0.4, 0.5) is 0 Å². The SMILES string of the molecule is NC1=NCc2cnc(Cc3ccc4ncc(Cl)cc4c3)cc21. The molecule has 3 heterocycles. The molecule has 5 heteroatoms. The summed E-state index contributed by atoms with van der Waals surface area (Å²) < 4.78 is 0. The fraction of sp³-hybridized carbons (Fsp3) is 0.118. The summed E-state index contributed by atoms with van der Waals surface area (Å²) in [6.45, 7) is 0.634. The number of halogens is 1. The fourth-order valence-electron chi connectivity index (χ4n) is 2.72. The number of benzene rings is 1. The molecule has 4 nitrogen and oxygen atoms in total. The van der Waals surface area contributed by atoms with Gasteiger partial charge in [0.1, 0.15) is 5.84 Å². The second-order valence-corrected chi connectivity index (χ2v) is 5.83. The largest absolute Gasteiger partial charge is 0.383 e. The highest BCUT2D eigenvalue weighted by Crippen LogP contribution is 2.21. The molecule has 0 unspecified atom stereocenters. The van der Waals surface area contributed by atoms with Crippen molar-refractivity contribution >= 4 is 28.3 Å². The van der Waals surface area contributed by atoms with Gasteiger partial charge in [-0.05, 0) is 29.8 Å². The first-order valence-electron chi connectivity index (χ1n) is 7.01. The van der Waals surface area contributed by atoms with E-state index in [1.165, 1.54) is 0 Å². The van der Waals surface area contributed by atoms with Gasteiger partial charge < -0.3 is 5.73 Å². The Morgan fingerprint density at radius 2 is 2.00 bits per heavy atom. The number of hydrogen-bond donors (Lipinski definition) is 1. The highest BCUT2D eigenvalue weighted by Gasteiger charge is 2.14. The Balaban J connectivity index is 1.69. The van der Waals surface area contributed by atoms with Gasteiger partial charge in [0, 0.05) is 41.0 Å². The Morgan fingerprint density at radius 1 is 1.09 bits per heavy atom. The van der Waals surface area contributed by atoms with Crippen LogP contribution >= 0.6 is 11.6 Å². The van der Waals surface area contributed by atoms with Crippen molar-refractivity contribution in [3.63, 3.8) is 0 Å². The van der Waals surface area contributed by atoms with Gasteiger partial charge in [-0.2, -0.15) is 0 Å². The maximum atomic E-state index is 6.01. The molecule has 1 aromatic carbocycles. The van der Waals surface area contributed by atoms with E-state index in [2.05, 4.69) is 27.1 Å². The lowest BCUT2D eigenvalue weighted by molar-refractivity contribution is 1.03. The maximum absolute atomic E-state index is 6.01. The van der Waals surface area contributed by atoms with Crippen molar-refractivity contribution in [2.24, 2.45) is 10.7 Å². The van der Waals surface area contributed by atoms with Crippen molar-refractivity contribution < 1.29 is 0 Å². The van der Waals surface area contributed by atoms with Crippen LogP contribution in [0, 0.1) is 0 Å². The quantitative estimate of drug-likeness (QED) is 0.791. The summed E-state index contributed by atoms with van der Waals surface area (Å²) in [4.78, 5) is 13.0. The van der Waals surface area contributed by atoms with Gasteiger partial charge in [0.05, 0.1) is 17.1 Å². The summed E-state index contributed by atoms with van der Waals surface area (Å²) >= 11 is 6.01. The second-order valence-electron chi connectivity index (χ2n) is 5.39. The molecule has 22 heavy (non-hydrogen) atoms. The highest BCUT2D eigenvalue weighted by atomic mass is 35.5. The van der Waals surface area contributed by atoms with Crippen molar-refractivity contribution in [3.05, 3.63) is 70.1 Å². The van der Waals surface area contributed by atoms with Gasteiger partial charge >= 0.3 is 0 Å². The van der Waals surface area contributed by atoms with Crippen LogP contribution in [0.1, 0.15) is 22.4 Å². The third-order valence-electron chi connectivity index (χ3n) is 3.84. The molecule has 108 valence electrons. The third-order valence-corrected chi connectivity index (χ3v) is 4.04. The maximum Gasteiger partial charge on any atom is 0.126 e. The molecule has 4 rings (SSSR count). The normalized spacial score (nSPS) is 13.2. The summed E-state index contributed by atoms with van der Waals surface area (Å²) in [5, 5.41) is 1.68. The number of fused-ring (bicyclic) bond motifs is 2. The Kier molecular flexibility index (Phi) is 3.05. The van der Waals surface area contributed by atoms with Crippen molar-refractivity contribution in [2.75, 3.05) is 0 Å². The van der Waals surface area contributed by atoms with E-state index in [0.717, 1.165) is 39.7 Å². The Bertz CT molecular complexity index is 918. The predicted octanol–water partition coefficient (Wildman–Crippen LogP) is 3.09. The minimum atomic E-state index is 0.605. The summed E-state index contributed by atoms with van der Waals surface area (Å²) in [5.41, 5.74) is 11.1. The topological polar surface area (TPSA) is 64.2 Å². The molecule has 2 aromatic heterocycles. The molecule has 0 saturated carbocycles. The van der Waals surface area contributed by atoms with Crippen molar-refractivity contribution in [3.8, 4) is 0 Å². The zero-order chi connectivity index (χ0) is 15.1. The molecule has 0 aliphatic carbocycles. The number of aromatic nitrogens is 2. The van der Waals surface area contributed by atoms with Gasteiger partial charge in [0.15, 0.2) is 0 Å². The Hall–Kier alpha value is -2.46. The van der Waals surface area contributed by atoms with E-state index < -0.39 is 0 Å². The van der Waals surface area contributed by atoms with Crippen LogP contribution in [0.3, 0.4) is 0 Å². The summed E-state index contributed by atoms with van der Waals surface area (Å²) in [5.74, 6) is 0.605. The molecule has 1 aliphatic heterocycles. The molecule has 0 radical (unpaired) electrons. The molecule has 0 bridgehead atoms. The van der Waals surface area contributed by atoms with Crippen molar-refractivity contribution in [1.82, 2.24) is 9.97 Å². The van der Waals surface area contributed by atoms with Crippen LogP contribution in [0.25, 0.3) is 10.9 Å². The van der Waals surface area contributed by atoms with E-state index in [-0.39, 0.29) is 0 Å². The standard InChI is InChI=1S/C17H13ClN4/c18-13-5-11-3-10(1-2-16(11)21-9-13)4-14-6-15-12(7-20-14)8-22-17(15)19/h1-3,5-7,9H,4,8H2,(H2,19,22). The number of rotatable bonds is 2. The van der Waals surface area contributed by atoms with Crippen LogP contribution in [-0.4, -0.2) is 15.8 Å². The molecule has 2 N–H and O–H groups in total. The van der Waals surface area contributed by atoms with E-state index in [1.54, 1.807) is 6.20 Å². The first-order chi connectivity index (χ1) is 10.7. The first-order valence-corrected chi connectivity index (χ1v) is 7.39. The van der Waals surface area contributed by atoms with Crippen LogP contribution in [0.2, 0.25) is 5.02 Å².